The number of nitrogens with zero attached hydrogens (tertiary/aromatic N) is 3. The summed E-state index contributed by atoms with van der Waals surface area (Å²) < 4.78 is 2.09. The molecule has 4 rings (SSSR count). The minimum atomic E-state index is 0.887. The van der Waals surface area contributed by atoms with Crippen LogP contribution in [0.5, 0.6) is 0 Å². The lowest BCUT2D eigenvalue weighted by molar-refractivity contribution is 0.685. The number of hydrogen-bond acceptors (Lipinski definition) is 2. The highest BCUT2D eigenvalue weighted by Crippen LogP contribution is 2.29. The number of fused-ring (bicyclic) bond motifs is 2. The summed E-state index contributed by atoms with van der Waals surface area (Å²) in [5, 5.41) is 0. The largest absolute Gasteiger partial charge is 0.365 e. The van der Waals surface area contributed by atoms with Gasteiger partial charge in [-0.2, -0.15) is 0 Å². The number of anilines is 1. The van der Waals surface area contributed by atoms with Crippen molar-refractivity contribution in [2.45, 2.75) is 26.3 Å². The molecule has 0 fully saturated rings. The average Bonchev–Trinajstić information content (AvgIpc) is 2.89. The van der Waals surface area contributed by atoms with Crippen LogP contribution in [0.15, 0.2) is 48.8 Å². The molecule has 0 unspecified atom stereocenters. The van der Waals surface area contributed by atoms with Crippen molar-refractivity contribution in [2.75, 3.05) is 11.4 Å². The Morgan fingerprint density at radius 2 is 2.14 bits per heavy atom. The summed E-state index contributed by atoms with van der Waals surface area (Å²) >= 11 is 0. The van der Waals surface area contributed by atoms with Crippen molar-refractivity contribution >= 4 is 11.3 Å². The number of aromatic nitrogens is 2. The van der Waals surface area contributed by atoms with Crippen LogP contribution in [0.2, 0.25) is 0 Å². The van der Waals surface area contributed by atoms with Gasteiger partial charge >= 0.3 is 0 Å². The third-order valence-corrected chi connectivity index (χ3v) is 4.22. The van der Waals surface area contributed by atoms with Gasteiger partial charge in [0, 0.05) is 24.6 Å². The third kappa shape index (κ3) is 2.29. The van der Waals surface area contributed by atoms with Gasteiger partial charge in [0.2, 0.25) is 0 Å². The van der Waals surface area contributed by atoms with E-state index in [0.717, 1.165) is 24.4 Å². The molecule has 106 valence electrons. The number of benzene rings is 1. The Morgan fingerprint density at radius 1 is 1.19 bits per heavy atom. The number of pyridine rings is 1. The van der Waals surface area contributed by atoms with E-state index in [1.165, 1.54) is 29.7 Å². The average molecular weight is 277 g/mol. The summed E-state index contributed by atoms with van der Waals surface area (Å²) in [6.45, 7) is 4.17. The third-order valence-electron chi connectivity index (χ3n) is 4.22. The maximum atomic E-state index is 4.72. The monoisotopic (exact) mass is 277 g/mol. The second kappa shape index (κ2) is 4.92. The maximum Gasteiger partial charge on any atom is 0.137 e. The highest BCUT2D eigenvalue weighted by Gasteiger charge is 2.17. The van der Waals surface area contributed by atoms with Crippen LogP contribution in [0.4, 0.5) is 5.69 Å². The Kier molecular flexibility index (Phi) is 2.92. The van der Waals surface area contributed by atoms with Gasteiger partial charge in [-0.1, -0.05) is 23.8 Å². The first-order chi connectivity index (χ1) is 10.3. The predicted octanol–water partition coefficient (Wildman–Crippen LogP) is 3.60. The topological polar surface area (TPSA) is 20.5 Å². The molecule has 3 aromatic rings. The van der Waals surface area contributed by atoms with Crippen molar-refractivity contribution in [1.82, 2.24) is 9.38 Å². The molecule has 21 heavy (non-hydrogen) atoms. The SMILES string of the molecule is Cc1ccc2c(c1)CCCN2Cc1cn2ccccc2n1. The van der Waals surface area contributed by atoms with Crippen LogP contribution < -0.4 is 4.90 Å². The molecule has 0 bridgehead atoms. The lowest BCUT2D eigenvalue weighted by Crippen LogP contribution is -2.28. The van der Waals surface area contributed by atoms with Gasteiger partial charge < -0.3 is 9.30 Å². The quantitative estimate of drug-likeness (QED) is 0.713. The lowest BCUT2D eigenvalue weighted by atomic mass is 9.99. The van der Waals surface area contributed by atoms with E-state index in [4.69, 9.17) is 4.98 Å². The summed E-state index contributed by atoms with van der Waals surface area (Å²) in [7, 11) is 0. The molecule has 0 spiro atoms. The fourth-order valence-electron chi connectivity index (χ4n) is 3.23. The van der Waals surface area contributed by atoms with E-state index in [-0.39, 0.29) is 0 Å². The first-order valence-corrected chi connectivity index (χ1v) is 7.57. The zero-order chi connectivity index (χ0) is 14.2. The van der Waals surface area contributed by atoms with Crippen LogP contribution in [0.1, 0.15) is 23.2 Å². The molecule has 2 aromatic heterocycles. The number of rotatable bonds is 2. The van der Waals surface area contributed by atoms with Crippen LogP contribution in [0.25, 0.3) is 5.65 Å². The van der Waals surface area contributed by atoms with Gasteiger partial charge in [-0.15, -0.1) is 0 Å². The molecular formula is C18H19N3. The number of hydrogen-bond donors (Lipinski definition) is 0. The first kappa shape index (κ1) is 12.5. The molecule has 1 aliphatic heterocycles. The van der Waals surface area contributed by atoms with Crippen LogP contribution >= 0.6 is 0 Å². The number of imidazole rings is 1. The second-order valence-corrected chi connectivity index (χ2v) is 5.86. The Hall–Kier alpha value is -2.29. The van der Waals surface area contributed by atoms with Crippen molar-refractivity contribution < 1.29 is 0 Å². The molecule has 0 N–H and O–H groups in total. The Balaban J connectivity index is 1.66. The predicted molar refractivity (Wildman–Crippen MR) is 85.7 cm³/mol. The highest BCUT2D eigenvalue weighted by molar-refractivity contribution is 5.57. The molecule has 1 aliphatic rings. The summed E-state index contributed by atoms with van der Waals surface area (Å²) in [6, 6.07) is 12.9. The zero-order valence-electron chi connectivity index (χ0n) is 12.3. The van der Waals surface area contributed by atoms with Gasteiger partial charge in [0.15, 0.2) is 0 Å². The van der Waals surface area contributed by atoms with Crippen LogP contribution in [-0.2, 0) is 13.0 Å². The minimum Gasteiger partial charge on any atom is -0.365 e. The lowest BCUT2D eigenvalue weighted by Gasteiger charge is -2.31. The molecule has 0 atom stereocenters. The molecular weight excluding hydrogens is 258 g/mol. The molecule has 0 aliphatic carbocycles. The fraction of sp³-hybridized carbons (Fsp3) is 0.278. The van der Waals surface area contributed by atoms with E-state index in [0.29, 0.717) is 0 Å². The highest BCUT2D eigenvalue weighted by atomic mass is 15.2. The van der Waals surface area contributed by atoms with Crippen molar-refractivity contribution in [1.29, 1.82) is 0 Å². The summed E-state index contributed by atoms with van der Waals surface area (Å²) in [4.78, 5) is 7.18. The van der Waals surface area contributed by atoms with E-state index in [9.17, 15) is 0 Å². The maximum absolute atomic E-state index is 4.72. The molecule has 3 heteroatoms. The van der Waals surface area contributed by atoms with Gasteiger partial charge in [-0.05, 0) is 43.5 Å². The van der Waals surface area contributed by atoms with Crippen LogP contribution in [0, 0.1) is 6.92 Å². The van der Waals surface area contributed by atoms with Gasteiger partial charge in [0.05, 0.1) is 12.2 Å². The van der Waals surface area contributed by atoms with E-state index in [2.05, 4.69) is 52.9 Å². The van der Waals surface area contributed by atoms with Crippen LogP contribution in [0.3, 0.4) is 0 Å². The number of aryl methyl sites for hydroxylation is 2. The normalized spacial score (nSPS) is 14.4. The Labute approximate surface area is 124 Å². The van der Waals surface area contributed by atoms with Gasteiger partial charge in [0.25, 0.3) is 0 Å². The molecule has 0 saturated heterocycles. The molecule has 1 aromatic carbocycles. The fourth-order valence-corrected chi connectivity index (χ4v) is 3.23. The molecule has 0 saturated carbocycles. The van der Waals surface area contributed by atoms with E-state index in [1.54, 1.807) is 0 Å². The smallest absolute Gasteiger partial charge is 0.137 e. The Bertz CT molecular complexity index is 755. The second-order valence-electron chi connectivity index (χ2n) is 5.86. The summed E-state index contributed by atoms with van der Waals surface area (Å²) in [5.41, 5.74) is 6.36. The van der Waals surface area contributed by atoms with Crippen molar-refractivity contribution in [2.24, 2.45) is 0 Å². The van der Waals surface area contributed by atoms with E-state index in [1.807, 2.05) is 12.1 Å². The molecule has 0 radical (unpaired) electrons. The van der Waals surface area contributed by atoms with Gasteiger partial charge in [0.1, 0.15) is 5.65 Å². The standard InChI is InChI=1S/C18H19N3/c1-14-7-8-17-15(11-14)5-4-10-20(17)12-16-13-21-9-3-2-6-18(21)19-16/h2-3,6-9,11,13H,4-5,10,12H2,1H3. The molecule has 0 amide bonds. The van der Waals surface area contributed by atoms with Crippen molar-refractivity contribution in [3.05, 3.63) is 65.6 Å². The Morgan fingerprint density at radius 3 is 3.05 bits per heavy atom. The first-order valence-electron chi connectivity index (χ1n) is 7.57. The van der Waals surface area contributed by atoms with Crippen LogP contribution in [-0.4, -0.2) is 15.9 Å². The summed E-state index contributed by atoms with van der Waals surface area (Å²) in [6.07, 6.45) is 6.61. The van der Waals surface area contributed by atoms with Gasteiger partial charge in [-0.25, -0.2) is 4.98 Å². The van der Waals surface area contributed by atoms with Crippen molar-refractivity contribution in [3.63, 3.8) is 0 Å². The van der Waals surface area contributed by atoms with Crippen molar-refractivity contribution in [3.8, 4) is 0 Å². The molecule has 3 heterocycles. The van der Waals surface area contributed by atoms with E-state index < -0.39 is 0 Å². The minimum absolute atomic E-state index is 0.887. The zero-order valence-corrected chi connectivity index (χ0v) is 12.3. The van der Waals surface area contributed by atoms with Gasteiger partial charge in [-0.3, -0.25) is 0 Å². The van der Waals surface area contributed by atoms with E-state index >= 15 is 0 Å². The summed E-state index contributed by atoms with van der Waals surface area (Å²) in [5.74, 6) is 0. The molecule has 3 nitrogen and oxygen atoms in total.